The summed E-state index contributed by atoms with van der Waals surface area (Å²) in [7, 11) is -4.02. The molecule has 120 valence electrons. The molecule has 0 aromatic heterocycles. The molecule has 0 fully saturated rings. The van der Waals surface area contributed by atoms with Crippen molar-refractivity contribution in [2.24, 2.45) is 5.73 Å². The van der Waals surface area contributed by atoms with Crippen LogP contribution in [-0.4, -0.2) is 22.9 Å². The fourth-order valence-corrected chi connectivity index (χ4v) is 3.04. The van der Waals surface area contributed by atoms with E-state index in [1.165, 1.54) is 23.9 Å². The Labute approximate surface area is 131 Å². The van der Waals surface area contributed by atoms with Crippen LogP contribution in [0.2, 0.25) is 0 Å². The number of nitrogens with two attached hydrogens (primary N) is 1. The molecule has 1 aromatic rings. The Balaban J connectivity index is 0.000000384. The van der Waals surface area contributed by atoms with Crippen molar-refractivity contribution in [1.82, 2.24) is 0 Å². The standard InChI is InChI=1S/C7H16N2S.C7H8O3S/c1-4-5-7(2,3)10-6(8)9;1-6-2-4-7(5-3-6)11(8,9)10/h4-5H2,1-3H3,(H3,8,9);2-5H,1H3,(H,8,9,10). The molecule has 0 heterocycles. The van der Waals surface area contributed by atoms with Gasteiger partial charge in [0.05, 0.1) is 4.90 Å². The summed E-state index contributed by atoms with van der Waals surface area (Å²) in [5.41, 5.74) is 6.21. The van der Waals surface area contributed by atoms with Crippen LogP contribution >= 0.6 is 11.8 Å². The minimum Gasteiger partial charge on any atom is -0.379 e. The smallest absolute Gasteiger partial charge is 0.294 e. The van der Waals surface area contributed by atoms with E-state index in [0.717, 1.165) is 18.4 Å². The van der Waals surface area contributed by atoms with E-state index in [1.807, 2.05) is 6.92 Å². The van der Waals surface area contributed by atoms with E-state index in [9.17, 15) is 8.42 Å². The molecule has 0 atom stereocenters. The number of hydrogen-bond acceptors (Lipinski definition) is 4. The molecule has 0 aliphatic heterocycles. The summed E-state index contributed by atoms with van der Waals surface area (Å²) in [6, 6.07) is 5.99. The molecule has 1 rings (SSSR count). The fraction of sp³-hybridized carbons (Fsp3) is 0.500. The highest BCUT2D eigenvalue weighted by molar-refractivity contribution is 8.14. The molecular weight excluding hydrogens is 308 g/mol. The minimum atomic E-state index is -4.02. The molecule has 0 unspecified atom stereocenters. The zero-order valence-corrected chi connectivity index (χ0v) is 14.5. The number of rotatable bonds is 4. The van der Waals surface area contributed by atoms with Crippen molar-refractivity contribution < 1.29 is 13.0 Å². The van der Waals surface area contributed by atoms with Crippen LogP contribution in [-0.2, 0) is 10.1 Å². The Bertz CT molecular complexity index is 552. The second kappa shape index (κ2) is 8.41. The van der Waals surface area contributed by atoms with Crippen LogP contribution in [0.1, 0.15) is 39.2 Å². The molecule has 0 saturated carbocycles. The Kier molecular flexibility index (Phi) is 7.99. The summed E-state index contributed by atoms with van der Waals surface area (Å²) >= 11 is 1.44. The van der Waals surface area contributed by atoms with E-state index in [-0.39, 0.29) is 14.8 Å². The average molecular weight is 332 g/mol. The van der Waals surface area contributed by atoms with Crippen LogP contribution in [0.3, 0.4) is 0 Å². The lowest BCUT2D eigenvalue weighted by molar-refractivity contribution is 0.483. The van der Waals surface area contributed by atoms with Gasteiger partial charge in [-0.2, -0.15) is 8.42 Å². The normalized spacial score (nSPS) is 11.5. The predicted molar refractivity (Wildman–Crippen MR) is 89.5 cm³/mol. The van der Waals surface area contributed by atoms with E-state index >= 15 is 0 Å². The van der Waals surface area contributed by atoms with Gasteiger partial charge in [0.2, 0.25) is 0 Å². The highest BCUT2D eigenvalue weighted by Gasteiger charge is 2.18. The van der Waals surface area contributed by atoms with Gasteiger partial charge in [-0.05, 0) is 25.5 Å². The van der Waals surface area contributed by atoms with Crippen LogP contribution < -0.4 is 5.73 Å². The molecule has 0 aliphatic carbocycles. The van der Waals surface area contributed by atoms with Gasteiger partial charge in [0.1, 0.15) is 0 Å². The van der Waals surface area contributed by atoms with E-state index in [0.29, 0.717) is 0 Å². The van der Waals surface area contributed by atoms with E-state index in [4.69, 9.17) is 15.7 Å². The summed E-state index contributed by atoms with van der Waals surface area (Å²) in [5.74, 6) is 0. The van der Waals surface area contributed by atoms with Crippen molar-refractivity contribution in [3.8, 4) is 0 Å². The third kappa shape index (κ3) is 9.49. The number of aryl methyl sites for hydroxylation is 1. The van der Waals surface area contributed by atoms with Crippen molar-refractivity contribution in [3.63, 3.8) is 0 Å². The molecule has 1 aromatic carbocycles. The number of benzene rings is 1. The molecule has 4 N–H and O–H groups in total. The predicted octanol–water partition coefficient (Wildman–Crippen LogP) is 3.43. The van der Waals surface area contributed by atoms with Crippen molar-refractivity contribution in [1.29, 1.82) is 5.41 Å². The number of amidine groups is 1. The maximum absolute atomic E-state index is 10.5. The summed E-state index contributed by atoms with van der Waals surface area (Å²) in [6.07, 6.45) is 2.25. The number of thioether (sulfide) groups is 1. The van der Waals surface area contributed by atoms with Gasteiger partial charge in [0.25, 0.3) is 10.1 Å². The van der Waals surface area contributed by atoms with Crippen molar-refractivity contribution in [3.05, 3.63) is 29.8 Å². The van der Waals surface area contributed by atoms with Crippen LogP contribution in [0.5, 0.6) is 0 Å². The Morgan fingerprint density at radius 2 is 1.81 bits per heavy atom. The van der Waals surface area contributed by atoms with Crippen molar-refractivity contribution in [2.45, 2.75) is 50.2 Å². The first-order chi connectivity index (χ1) is 9.48. The van der Waals surface area contributed by atoms with Gasteiger partial charge >= 0.3 is 0 Å². The first kappa shape index (κ1) is 19.9. The molecule has 5 nitrogen and oxygen atoms in total. The zero-order valence-electron chi connectivity index (χ0n) is 12.9. The first-order valence-corrected chi connectivity index (χ1v) is 8.81. The molecule has 7 heteroatoms. The van der Waals surface area contributed by atoms with Gasteiger partial charge in [-0.3, -0.25) is 9.96 Å². The summed E-state index contributed by atoms with van der Waals surface area (Å²) in [5, 5.41) is 7.29. The lowest BCUT2D eigenvalue weighted by Crippen LogP contribution is -2.20. The van der Waals surface area contributed by atoms with Gasteiger partial charge in [0.15, 0.2) is 5.17 Å². The Hall–Kier alpha value is -1.05. The fourth-order valence-electron chi connectivity index (χ4n) is 1.66. The van der Waals surface area contributed by atoms with Gasteiger partial charge in [-0.1, -0.05) is 56.7 Å². The van der Waals surface area contributed by atoms with E-state index < -0.39 is 10.1 Å². The summed E-state index contributed by atoms with van der Waals surface area (Å²) in [4.78, 5) is -0.0666. The molecule has 0 bridgehead atoms. The number of hydrogen-bond donors (Lipinski definition) is 3. The van der Waals surface area contributed by atoms with Crippen LogP contribution in [0.25, 0.3) is 0 Å². The van der Waals surface area contributed by atoms with Crippen LogP contribution in [0.4, 0.5) is 0 Å². The largest absolute Gasteiger partial charge is 0.379 e. The van der Waals surface area contributed by atoms with Gasteiger partial charge in [-0.15, -0.1) is 0 Å². The summed E-state index contributed by atoms with van der Waals surface area (Å²) < 4.78 is 29.7. The summed E-state index contributed by atoms with van der Waals surface area (Å²) in [6.45, 7) is 8.21. The maximum atomic E-state index is 10.5. The lowest BCUT2D eigenvalue weighted by Gasteiger charge is -2.21. The molecule has 0 saturated heterocycles. The van der Waals surface area contributed by atoms with Crippen LogP contribution in [0, 0.1) is 12.3 Å². The highest BCUT2D eigenvalue weighted by atomic mass is 32.2. The van der Waals surface area contributed by atoms with Crippen molar-refractivity contribution >= 4 is 27.0 Å². The molecule has 0 spiro atoms. The van der Waals surface area contributed by atoms with Crippen molar-refractivity contribution in [2.75, 3.05) is 0 Å². The third-order valence-corrected chi connectivity index (χ3v) is 4.40. The number of nitrogens with one attached hydrogen (secondary N) is 1. The third-order valence-electron chi connectivity index (χ3n) is 2.56. The lowest BCUT2D eigenvalue weighted by atomic mass is 10.1. The Morgan fingerprint density at radius 3 is 2.14 bits per heavy atom. The Morgan fingerprint density at radius 1 is 1.33 bits per heavy atom. The van der Waals surface area contributed by atoms with E-state index in [2.05, 4.69) is 20.8 Å². The van der Waals surface area contributed by atoms with E-state index in [1.54, 1.807) is 12.1 Å². The topological polar surface area (TPSA) is 104 Å². The first-order valence-electron chi connectivity index (χ1n) is 6.55. The zero-order chi connectivity index (χ0) is 16.7. The van der Waals surface area contributed by atoms with Gasteiger partial charge in [-0.25, -0.2) is 0 Å². The monoisotopic (exact) mass is 332 g/mol. The SMILES string of the molecule is CCCC(C)(C)SC(=N)N.Cc1ccc(S(=O)(=O)O)cc1. The molecule has 0 amide bonds. The minimum absolute atomic E-state index is 0.0666. The molecule has 0 radical (unpaired) electrons. The molecule has 0 aliphatic rings. The van der Waals surface area contributed by atoms with Crippen LogP contribution in [0.15, 0.2) is 29.2 Å². The highest BCUT2D eigenvalue weighted by Crippen LogP contribution is 2.28. The molecule has 21 heavy (non-hydrogen) atoms. The molecular formula is C14H24N2O3S2. The second-order valence-electron chi connectivity index (χ2n) is 5.26. The maximum Gasteiger partial charge on any atom is 0.294 e. The quantitative estimate of drug-likeness (QED) is 0.445. The van der Waals surface area contributed by atoms with Gasteiger partial charge in [0, 0.05) is 4.75 Å². The average Bonchev–Trinajstić information content (AvgIpc) is 2.26. The second-order valence-corrected chi connectivity index (χ2v) is 8.43. The van der Waals surface area contributed by atoms with Gasteiger partial charge < -0.3 is 5.73 Å².